The van der Waals surface area contributed by atoms with Crippen molar-refractivity contribution in [2.24, 2.45) is 0 Å². The molecular weight excluding hydrogens is 280 g/mol. The van der Waals surface area contributed by atoms with Gasteiger partial charge in [0.25, 0.3) is 0 Å². The number of aliphatic hydroxyl groups is 1. The van der Waals surface area contributed by atoms with Gasteiger partial charge in [0, 0.05) is 24.7 Å². The number of ether oxygens (including phenoxy) is 1. The molecule has 114 valence electrons. The van der Waals surface area contributed by atoms with Gasteiger partial charge in [-0.25, -0.2) is 8.78 Å². The summed E-state index contributed by atoms with van der Waals surface area (Å²) in [5.74, 6) is -0.530. The summed E-state index contributed by atoms with van der Waals surface area (Å²) in [4.78, 5) is 0. The zero-order chi connectivity index (χ0) is 15.1. The number of aliphatic hydroxyl groups excluding tert-OH is 1. The third kappa shape index (κ3) is 5.26. The van der Waals surface area contributed by atoms with Crippen molar-refractivity contribution in [2.75, 3.05) is 13.2 Å². The lowest BCUT2D eigenvalue weighted by atomic mass is 10.2. The Morgan fingerprint density at radius 3 is 2.86 bits per heavy atom. The first-order valence-electron chi connectivity index (χ1n) is 6.58. The van der Waals surface area contributed by atoms with Crippen molar-refractivity contribution < 1.29 is 23.0 Å². The second-order valence-electron chi connectivity index (χ2n) is 4.61. The molecule has 21 heavy (non-hydrogen) atoms. The summed E-state index contributed by atoms with van der Waals surface area (Å²) in [5.41, 5.74) is 0.347. The van der Waals surface area contributed by atoms with Crippen molar-refractivity contribution in [1.29, 1.82) is 0 Å². The van der Waals surface area contributed by atoms with Crippen LogP contribution in [-0.2, 0) is 17.9 Å². The van der Waals surface area contributed by atoms with Crippen LogP contribution < -0.4 is 5.32 Å². The fourth-order valence-corrected chi connectivity index (χ4v) is 1.79. The molecule has 1 heterocycles. The van der Waals surface area contributed by atoms with Crippen LogP contribution in [0.25, 0.3) is 0 Å². The van der Waals surface area contributed by atoms with Gasteiger partial charge in [-0.2, -0.15) is 0 Å². The quantitative estimate of drug-likeness (QED) is 0.784. The van der Waals surface area contributed by atoms with E-state index in [1.54, 1.807) is 18.4 Å². The Kier molecular flexibility index (Phi) is 5.86. The summed E-state index contributed by atoms with van der Waals surface area (Å²) in [6, 6.07) is 6.94. The van der Waals surface area contributed by atoms with Gasteiger partial charge in [0.15, 0.2) is 0 Å². The molecule has 2 rings (SSSR count). The van der Waals surface area contributed by atoms with Gasteiger partial charge in [0.2, 0.25) is 0 Å². The molecule has 4 nitrogen and oxygen atoms in total. The molecule has 0 bridgehead atoms. The van der Waals surface area contributed by atoms with E-state index >= 15 is 0 Å². The van der Waals surface area contributed by atoms with Crippen LogP contribution in [0.4, 0.5) is 8.78 Å². The SMILES string of the molecule is OC(CNCc1ccc(F)cc1F)COCc1ccco1. The van der Waals surface area contributed by atoms with Crippen molar-refractivity contribution in [3.63, 3.8) is 0 Å². The largest absolute Gasteiger partial charge is 0.467 e. The Bertz CT molecular complexity index is 546. The fourth-order valence-electron chi connectivity index (χ4n) is 1.79. The Morgan fingerprint density at radius 2 is 2.14 bits per heavy atom. The van der Waals surface area contributed by atoms with Crippen LogP contribution in [0.2, 0.25) is 0 Å². The van der Waals surface area contributed by atoms with Gasteiger partial charge >= 0.3 is 0 Å². The monoisotopic (exact) mass is 297 g/mol. The van der Waals surface area contributed by atoms with Crippen LogP contribution >= 0.6 is 0 Å². The zero-order valence-corrected chi connectivity index (χ0v) is 11.4. The smallest absolute Gasteiger partial charge is 0.130 e. The van der Waals surface area contributed by atoms with Crippen molar-refractivity contribution in [1.82, 2.24) is 5.32 Å². The maximum absolute atomic E-state index is 13.4. The van der Waals surface area contributed by atoms with E-state index in [1.165, 1.54) is 12.1 Å². The molecule has 0 saturated carbocycles. The predicted molar refractivity (Wildman–Crippen MR) is 72.4 cm³/mol. The van der Waals surface area contributed by atoms with E-state index in [0.29, 0.717) is 11.3 Å². The first kappa shape index (κ1) is 15.6. The average Bonchev–Trinajstić information content (AvgIpc) is 2.94. The van der Waals surface area contributed by atoms with Crippen LogP contribution in [0, 0.1) is 11.6 Å². The highest BCUT2D eigenvalue weighted by atomic mass is 19.1. The topological polar surface area (TPSA) is 54.6 Å². The molecular formula is C15H17F2NO3. The van der Waals surface area contributed by atoms with Gasteiger partial charge in [-0.1, -0.05) is 6.07 Å². The van der Waals surface area contributed by atoms with Gasteiger partial charge in [0.05, 0.1) is 19.0 Å². The van der Waals surface area contributed by atoms with Gasteiger partial charge in [-0.15, -0.1) is 0 Å². The molecule has 0 amide bonds. The van der Waals surface area contributed by atoms with E-state index in [0.717, 1.165) is 6.07 Å². The van der Waals surface area contributed by atoms with E-state index in [9.17, 15) is 13.9 Å². The zero-order valence-electron chi connectivity index (χ0n) is 11.4. The summed E-state index contributed by atoms with van der Waals surface area (Å²) in [6.45, 7) is 0.882. The van der Waals surface area contributed by atoms with Crippen molar-refractivity contribution >= 4 is 0 Å². The van der Waals surface area contributed by atoms with Gasteiger partial charge < -0.3 is 19.6 Å². The second kappa shape index (κ2) is 7.87. The van der Waals surface area contributed by atoms with E-state index in [2.05, 4.69) is 5.32 Å². The predicted octanol–water partition coefficient (Wildman–Crippen LogP) is 2.23. The highest BCUT2D eigenvalue weighted by Gasteiger charge is 2.07. The lowest BCUT2D eigenvalue weighted by molar-refractivity contribution is 0.0225. The molecule has 0 aliphatic heterocycles. The first-order chi connectivity index (χ1) is 10.1. The second-order valence-corrected chi connectivity index (χ2v) is 4.61. The lowest BCUT2D eigenvalue weighted by Gasteiger charge is -2.12. The van der Waals surface area contributed by atoms with E-state index in [-0.39, 0.29) is 26.3 Å². The summed E-state index contributed by atoms with van der Waals surface area (Å²) in [7, 11) is 0. The maximum atomic E-state index is 13.4. The molecule has 1 unspecified atom stereocenters. The summed E-state index contributed by atoms with van der Waals surface area (Å²) < 4.78 is 36.4. The van der Waals surface area contributed by atoms with E-state index in [4.69, 9.17) is 9.15 Å². The van der Waals surface area contributed by atoms with E-state index < -0.39 is 17.7 Å². The molecule has 1 aromatic heterocycles. The Hall–Kier alpha value is -1.76. The molecule has 0 aliphatic rings. The summed E-state index contributed by atoms with van der Waals surface area (Å²) in [5, 5.41) is 12.6. The number of hydrogen-bond donors (Lipinski definition) is 2. The first-order valence-corrected chi connectivity index (χ1v) is 6.58. The molecule has 1 atom stereocenters. The Labute approximate surface area is 121 Å². The van der Waals surface area contributed by atoms with Crippen LogP contribution in [0.1, 0.15) is 11.3 Å². The van der Waals surface area contributed by atoms with Gasteiger partial charge in [-0.3, -0.25) is 0 Å². The average molecular weight is 297 g/mol. The van der Waals surface area contributed by atoms with Crippen molar-refractivity contribution in [3.05, 3.63) is 59.6 Å². The normalized spacial score (nSPS) is 12.5. The van der Waals surface area contributed by atoms with Crippen LogP contribution in [0.3, 0.4) is 0 Å². The third-order valence-electron chi connectivity index (χ3n) is 2.85. The minimum atomic E-state index is -0.719. The van der Waals surface area contributed by atoms with Crippen LogP contribution in [-0.4, -0.2) is 24.4 Å². The van der Waals surface area contributed by atoms with E-state index in [1.807, 2.05) is 0 Å². The molecule has 2 aromatic rings. The fraction of sp³-hybridized carbons (Fsp3) is 0.333. The number of hydrogen-bond acceptors (Lipinski definition) is 4. The molecule has 0 saturated heterocycles. The molecule has 0 radical (unpaired) electrons. The molecule has 1 aromatic carbocycles. The Balaban J connectivity index is 1.63. The number of nitrogens with one attached hydrogen (secondary N) is 1. The molecule has 0 spiro atoms. The minimum absolute atomic E-state index is 0.138. The number of halogens is 2. The highest BCUT2D eigenvalue weighted by molar-refractivity contribution is 5.18. The van der Waals surface area contributed by atoms with Crippen molar-refractivity contribution in [2.45, 2.75) is 19.3 Å². The molecule has 0 fully saturated rings. The number of rotatable bonds is 8. The third-order valence-corrected chi connectivity index (χ3v) is 2.85. The number of benzene rings is 1. The van der Waals surface area contributed by atoms with Gasteiger partial charge in [0.1, 0.15) is 24.0 Å². The highest BCUT2D eigenvalue weighted by Crippen LogP contribution is 2.09. The van der Waals surface area contributed by atoms with Crippen LogP contribution in [0.5, 0.6) is 0 Å². The van der Waals surface area contributed by atoms with Crippen molar-refractivity contribution in [3.8, 4) is 0 Å². The lowest BCUT2D eigenvalue weighted by Crippen LogP contribution is -2.30. The molecule has 2 N–H and O–H groups in total. The maximum Gasteiger partial charge on any atom is 0.130 e. The minimum Gasteiger partial charge on any atom is -0.467 e. The summed E-state index contributed by atoms with van der Waals surface area (Å²) in [6.07, 6.45) is 0.831. The number of furan rings is 1. The van der Waals surface area contributed by atoms with Crippen LogP contribution in [0.15, 0.2) is 41.0 Å². The molecule has 0 aliphatic carbocycles. The summed E-state index contributed by atoms with van der Waals surface area (Å²) >= 11 is 0. The Morgan fingerprint density at radius 1 is 1.29 bits per heavy atom. The molecule has 6 heteroatoms. The standard InChI is InChI=1S/C15H17F2NO3/c16-12-4-3-11(15(17)6-12)7-18-8-13(19)9-20-10-14-2-1-5-21-14/h1-6,13,18-19H,7-10H2. The van der Waals surface area contributed by atoms with Gasteiger partial charge in [-0.05, 0) is 18.2 Å².